The Kier molecular flexibility index (Phi) is 6.25. The summed E-state index contributed by atoms with van der Waals surface area (Å²) in [5.41, 5.74) is -0.0957. The van der Waals surface area contributed by atoms with Crippen molar-refractivity contribution < 1.29 is 4.79 Å². The molecule has 1 heterocycles. The number of carbonyl (C=O) groups is 1. The van der Waals surface area contributed by atoms with Crippen LogP contribution < -0.4 is 0 Å². The molecule has 0 atom stereocenters. The van der Waals surface area contributed by atoms with E-state index in [2.05, 4.69) is 51.6 Å². The van der Waals surface area contributed by atoms with Gasteiger partial charge < -0.3 is 4.57 Å². The van der Waals surface area contributed by atoms with Crippen molar-refractivity contribution >= 4 is 14.1 Å². The van der Waals surface area contributed by atoms with Crippen molar-refractivity contribution in [2.24, 2.45) is 5.41 Å². The summed E-state index contributed by atoms with van der Waals surface area (Å²) in [6.45, 7) is 20.1. The lowest BCUT2D eigenvalue weighted by Gasteiger charge is -2.59. The van der Waals surface area contributed by atoms with Gasteiger partial charge in [0.2, 0.25) is 5.91 Å². The standard InChI is InChI=1S/C19H35NOSi/c1-8-10-12-14-19(15-13-11-9-2)16-20(17(19)21)22(6,7)18(3,4)5/h8-9H,1-2,10-16H2,3-7H3. The van der Waals surface area contributed by atoms with Gasteiger partial charge in [-0.05, 0) is 43.6 Å². The fraction of sp³-hybridized carbons (Fsp3) is 0.737. The maximum Gasteiger partial charge on any atom is 0.222 e. The summed E-state index contributed by atoms with van der Waals surface area (Å²) in [6, 6.07) is 0. The van der Waals surface area contributed by atoms with Crippen LogP contribution in [-0.2, 0) is 4.79 Å². The first-order chi connectivity index (χ1) is 10.1. The average molecular weight is 322 g/mol. The van der Waals surface area contributed by atoms with Crippen LogP contribution in [0.3, 0.4) is 0 Å². The first-order valence-corrected chi connectivity index (χ1v) is 11.6. The summed E-state index contributed by atoms with van der Waals surface area (Å²) in [5, 5.41) is 0.219. The van der Waals surface area contributed by atoms with Gasteiger partial charge in [0, 0.05) is 6.54 Å². The number of hydrogen-bond donors (Lipinski definition) is 0. The Morgan fingerprint density at radius 2 is 1.59 bits per heavy atom. The molecule has 1 rings (SSSR count). The van der Waals surface area contributed by atoms with Crippen LogP contribution in [0.25, 0.3) is 0 Å². The zero-order valence-electron chi connectivity index (χ0n) is 15.4. The number of unbranched alkanes of at least 4 members (excludes halogenated alkanes) is 2. The molecule has 0 unspecified atom stereocenters. The Labute approximate surface area is 138 Å². The number of allylic oxidation sites excluding steroid dienone is 2. The minimum absolute atomic E-state index is 0.0957. The number of nitrogens with zero attached hydrogens (tertiary/aromatic N) is 1. The van der Waals surface area contributed by atoms with Crippen LogP contribution in [0.15, 0.2) is 25.3 Å². The summed E-state index contributed by atoms with van der Waals surface area (Å²) < 4.78 is 2.24. The van der Waals surface area contributed by atoms with E-state index in [-0.39, 0.29) is 10.5 Å². The van der Waals surface area contributed by atoms with Crippen molar-refractivity contribution in [2.75, 3.05) is 6.54 Å². The van der Waals surface area contributed by atoms with Crippen molar-refractivity contribution in [1.82, 2.24) is 4.57 Å². The average Bonchev–Trinajstić information content (AvgIpc) is 2.42. The highest BCUT2D eigenvalue weighted by atomic mass is 28.3. The van der Waals surface area contributed by atoms with Gasteiger partial charge in [0.05, 0.1) is 5.41 Å². The van der Waals surface area contributed by atoms with Crippen LogP contribution in [0.1, 0.15) is 59.3 Å². The second-order valence-electron chi connectivity index (χ2n) is 8.34. The Balaban J connectivity index is 2.82. The van der Waals surface area contributed by atoms with Crippen LogP contribution in [0.4, 0.5) is 0 Å². The van der Waals surface area contributed by atoms with E-state index in [1.807, 2.05) is 12.2 Å². The third-order valence-electron chi connectivity index (χ3n) is 5.80. The summed E-state index contributed by atoms with van der Waals surface area (Å²) in [7, 11) is -1.72. The quantitative estimate of drug-likeness (QED) is 0.236. The van der Waals surface area contributed by atoms with E-state index in [0.717, 1.165) is 45.1 Å². The summed E-state index contributed by atoms with van der Waals surface area (Å²) in [4.78, 5) is 13.1. The topological polar surface area (TPSA) is 20.3 Å². The smallest absolute Gasteiger partial charge is 0.222 e. The molecule has 0 aromatic rings. The molecule has 22 heavy (non-hydrogen) atoms. The van der Waals surface area contributed by atoms with Gasteiger partial charge in [-0.3, -0.25) is 4.79 Å². The lowest BCUT2D eigenvalue weighted by atomic mass is 9.72. The molecule has 1 aliphatic heterocycles. The second kappa shape index (κ2) is 7.16. The number of rotatable bonds is 9. The van der Waals surface area contributed by atoms with Crippen LogP contribution in [-0.4, -0.2) is 25.3 Å². The van der Waals surface area contributed by atoms with Gasteiger partial charge in [0.1, 0.15) is 0 Å². The summed E-state index contributed by atoms with van der Waals surface area (Å²) in [6.07, 6.45) is 10.1. The molecule has 0 saturated carbocycles. The van der Waals surface area contributed by atoms with Crippen molar-refractivity contribution in [3.8, 4) is 0 Å². The van der Waals surface area contributed by atoms with E-state index in [4.69, 9.17) is 0 Å². The van der Waals surface area contributed by atoms with E-state index >= 15 is 0 Å². The van der Waals surface area contributed by atoms with Crippen molar-refractivity contribution in [1.29, 1.82) is 0 Å². The highest BCUT2D eigenvalue weighted by molar-refractivity contribution is 6.80. The Morgan fingerprint density at radius 3 is 1.91 bits per heavy atom. The van der Waals surface area contributed by atoms with Gasteiger partial charge in [-0.1, -0.05) is 46.0 Å². The van der Waals surface area contributed by atoms with E-state index in [1.165, 1.54) is 0 Å². The molecule has 0 N–H and O–H groups in total. The molecule has 0 radical (unpaired) electrons. The fourth-order valence-electron chi connectivity index (χ4n) is 3.16. The zero-order valence-corrected chi connectivity index (χ0v) is 16.4. The molecular formula is C19H35NOSi. The Morgan fingerprint density at radius 1 is 1.14 bits per heavy atom. The lowest BCUT2D eigenvalue weighted by molar-refractivity contribution is -0.154. The third kappa shape index (κ3) is 3.73. The molecule has 0 aromatic heterocycles. The molecule has 2 nitrogen and oxygen atoms in total. The van der Waals surface area contributed by atoms with Gasteiger partial charge >= 0.3 is 0 Å². The normalized spacial score (nSPS) is 18.0. The van der Waals surface area contributed by atoms with E-state index in [9.17, 15) is 4.79 Å². The van der Waals surface area contributed by atoms with Crippen LogP contribution in [0.2, 0.25) is 18.1 Å². The number of β-lactam (4-membered cyclic amide) rings is 1. The SMILES string of the molecule is C=CCCCC1(CCCC=C)CN([Si](C)(C)C(C)(C)C)C1=O. The molecule has 0 spiro atoms. The van der Waals surface area contributed by atoms with Gasteiger partial charge in [0.25, 0.3) is 0 Å². The van der Waals surface area contributed by atoms with E-state index in [1.54, 1.807) is 0 Å². The van der Waals surface area contributed by atoms with Crippen molar-refractivity contribution in [3.63, 3.8) is 0 Å². The molecule has 1 aliphatic rings. The second-order valence-corrected chi connectivity index (χ2v) is 13.5. The predicted octanol–water partition coefficient (Wildman–Crippen LogP) is 5.53. The van der Waals surface area contributed by atoms with Crippen LogP contribution >= 0.6 is 0 Å². The molecule has 1 fully saturated rings. The number of amides is 1. The summed E-state index contributed by atoms with van der Waals surface area (Å²) >= 11 is 0. The van der Waals surface area contributed by atoms with Crippen LogP contribution in [0.5, 0.6) is 0 Å². The van der Waals surface area contributed by atoms with E-state index in [0.29, 0.717) is 5.91 Å². The maximum absolute atomic E-state index is 13.1. The third-order valence-corrected chi connectivity index (χ3v) is 11.2. The summed E-state index contributed by atoms with van der Waals surface area (Å²) in [5.74, 6) is 0.423. The van der Waals surface area contributed by atoms with Crippen molar-refractivity contribution in [3.05, 3.63) is 25.3 Å². The molecule has 126 valence electrons. The highest BCUT2D eigenvalue weighted by Crippen LogP contribution is 2.49. The fourth-order valence-corrected chi connectivity index (χ4v) is 5.41. The molecule has 3 heteroatoms. The molecule has 1 saturated heterocycles. The minimum Gasteiger partial charge on any atom is -0.368 e. The lowest BCUT2D eigenvalue weighted by Crippen LogP contribution is -2.72. The van der Waals surface area contributed by atoms with Crippen molar-refractivity contribution in [2.45, 2.75) is 77.4 Å². The predicted molar refractivity (Wildman–Crippen MR) is 99.4 cm³/mol. The first kappa shape index (κ1) is 19.2. The number of hydrogen-bond acceptors (Lipinski definition) is 1. The van der Waals surface area contributed by atoms with Crippen LogP contribution in [0, 0.1) is 5.41 Å². The van der Waals surface area contributed by atoms with Gasteiger partial charge in [-0.25, -0.2) is 0 Å². The monoisotopic (exact) mass is 321 g/mol. The van der Waals surface area contributed by atoms with Gasteiger partial charge in [-0.15, -0.1) is 13.2 Å². The Bertz CT molecular complexity index is 406. The zero-order chi connectivity index (χ0) is 17.0. The highest BCUT2D eigenvalue weighted by Gasteiger charge is 2.58. The molecule has 0 bridgehead atoms. The Hall–Kier alpha value is -0.833. The molecule has 0 aliphatic carbocycles. The van der Waals surface area contributed by atoms with Gasteiger partial charge in [0.15, 0.2) is 8.24 Å². The maximum atomic E-state index is 13.1. The largest absolute Gasteiger partial charge is 0.368 e. The van der Waals surface area contributed by atoms with E-state index < -0.39 is 8.24 Å². The minimum atomic E-state index is -1.72. The molecule has 1 amide bonds. The first-order valence-electron chi connectivity index (χ1n) is 8.66. The molecular weight excluding hydrogens is 286 g/mol. The number of carbonyl (C=O) groups excluding carboxylic acids is 1. The molecule has 0 aromatic carbocycles. The van der Waals surface area contributed by atoms with Gasteiger partial charge in [-0.2, -0.15) is 0 Å².